The van der Waals surface area contributed by atoms with Gasteiger partial charge in [-0.3, -0.25) is 9.79 Å². The van der Waals surface area contributed by atoms with E-state index in [0.29, 0.717) is 17.9 Å². The van der Waals surface area contributed by atoms with Crippen LogP contribution in [-0.4, -0.2) is 50.6 Å². The summed E-state index contributed by atoms with van der Waals surface area (Å²) in [6.45, 7) is 11.2. The molecule has 1 N–H and O–H groups in total. The van der Waals surface area contributed by atoms with Gasteiger partial charge in [0.15, 0.2) is 5.96 Å². The number of likely N-dealkylation sites (tertiary alicyclic amines) is 1. The van der Waals surface area contributed by atoms with E-state index in [9.17, 15) is 4.79 Å². The number of esters is 1. The van der Waals surface area contributed by atoms with Gasteiger partial charge in [0.25, 0.3) is 0 Å². The third kappa shape index (κ3) is 4.69. The molecule has 1 aliphatic rings. The standard InChI is InChI=1S/C15H29N3O2/c1-11-9-18(10-12(11)13(19)20-6)14(16-5)17-8-7-15(2,3)4/h11-12H,7-10H2,1-6H3,(H,16,17). The van der Waals surface area contributed by atoms with Crippen LogP contribution < -0.4 is 5.32 Å². The fraction of sp³-hybridized carbons (Fsp3) is 0.867. The number of hydrogen-bond donors (Lipinski definition) is 1. The maximum absolute atomic E-state index is 11.7. The van der Waals surface area contributed by atoms with Crippen molar-refractivity contribution in [3.8, 4) is 0 Å². The number of ether oxygens (including phenoxy) is 1. The first-order valence-corrected chi connectivity index (χ1v) is 7.32. The molecule has 5 heteroatoms. The number of carbonyl (C=O) groups is 1. The number of rotatable bonds is 3. The Labute approximate surface area is 122 Å². The summed E-state index contributed by atoms with van der Waals surface area (Å²) in [5.41, 5.74) is 0.304. The van der Waals surface area contributed by atoms with Gasteiger partial charge in [0.2, 0.25) is 0 Å². The molecule has 20 heavy (non-hydrogen) atoms. The summed E-state index contributed by atoms with van der Waals surface area (Å²) in [5.74, 6) is 1.00. The van der Waals surface area contributed by atoms with Crippen LogP contribution in [0.15, 0.2) is 4.99 Å². The predicted octanol–water partition coefficient (Wildman–Crippen LogP) is 1.74. The lowest BCUT2D eigenvalue weighted by Gasteiger charge is -2.24. The van der Waals surface area contributed by atoms with Gasteiger partial charge >= 0.3 is 5.97 Å². The van der Waals surface area contributed by atoms with Crippen LogP contribution in [0.1, 0.15) is 34.1 Å². The van der Waals surface area contributed by atoms with Crippen molar-refractivity contribution < 1.29 is 9.53 Å². The topological polar surface area (TPSA) is 53.9 Å². The zero-order chi connectivity index (χ0) is 15.3. The molecule has 1 rings (SSSR count). The van der Waals surface area contributed by atoms with Crippen molar-refractivity contribution in [2.75, 3.05) is 33.8 Å². The Bertz CT molecular complexity index is 361. The van der Waals surface area contributed by atoms with Gasteiger partial charge in [-0.15, -0.1) is 0 Å². The Kier molecular flexibility index (Phi) is 5.84. The van der Waals surface area contributed by atoms with Crippen LogP contribution in [-0.2, 0) is 9.53 Å². The molecule has 1 aliphatic heterocycles. The molecule has 0 spiro atoms. The van der Waals surface area contributed by atoms with Crippen LogP contribution >= 0.6 is 0 Å². The largest absolute Gasteiger partial charge is 0.469 e. The minimum Gasteiger partial charge on any atom is -0.469 e. The van der Waals surface area contributed by atoms with Crippen molar-refractivity contribution in [1.29, 1.82) is 0 Å². The molecule has 0 saturated carbocycles. The smallest absolute Gasteiger partial charge is 0.310 e. The highest BCUT2D eigenvalue weighted by Gasteiger charge is 2.36. The molecule has 0 aromatic rings. The molecule has 0 radical (unpaired) electrons. The van der Waals surface area contributed by atoms with Gasteiger partial charge in [-0.1, -0.05) is 27.7 Å². The Morgan fingerprint density at radius 3 is 2.55 bits per heavy atom. The highest BCUT2D eigenvalue weighted by molar-refractivity contribution is 5.82. The number of hydrogen-bond acceptors (Lipinski definition) is 3. The van der Waals surface area contributed by atoms with Crippen LogP contribution in [0.2, 0.25) is 0 Å². The van der Waals surface area contributed by atoms with E-state index in [-0.39, 0.29) is 11.9 Å². The summed E-state index contributed by atoms with van der Waals surface area (Å²) < 4.78 is 4.87. The fourth-order valence-corrected chi connectivity index (χ4v) is 2.48. The van der Waals surface area contributed by atoms with Crippen molar-refractivity contribution in [3.63, 3.8) is 0 Å². The Balaban J connectivity index is 2.54. The highest BCUT2D eigenvalue weighted by atomic mass is 16.5. The molecule has 116 valence electrons. The number of guanidine groups is 1. The minimum atomic E-state index is -0.120. The summed E-state index contributed by atoms with van der Waals surface area (Å²) in [6, 6.07) is 0. The number of aliphatic imine (C=N–C) groups is 1. The lowest BCUT2D eigenvalue weighted by Crippen LogP contribution is -2.41. The minimum absolute atomic E-state index is 0.0545. The van der Waals surface area contributed by atoms with Crippen molar-refractivity contribution in [1.82, 2.24) is 10.2 Å². The van der Waals surface area contributed by atoms with E-state index in [2.05, 4.69) is 42.9 Å². The van der Waals surface area contributed by atoms with E-state index in [1.807, 2.05) is 0 Å². The highest BCUT2D eigenvalue weighted by Crippen LogP contribution is 2.24. The molecule has 5 nitrogen and oxygen atoms in total. The second-order valence-electron chi connectivity index (χ2n) is 6.80. The SMILES string of the molecule is CN=C(NCCC(C)(C)C)N1CC(C)C(C(=O)OC)C1. The van der Waals surface area contributed by atoms with Crippen molar-refractivity contribution in [2.45, 2.75) is 34.1 Å². The number of nitrogens with zero attached hydrogens (tertiary/aromatic N) is 2. The normalized spacial score (nSPS) is 23.9. The monoisotopic (exact) mass is 283 g/mol. The molecule has 0 aliphatic carbocycles. The molecule has 1 saturated heterocycles. The fourth-order valence-electron chi connectivity index (χ4n) is 2.48. The van der Waals surface area contributed by atoms with Crippen LogP contribution in [0.25, 0.3) is 0 Å². The molecule has 0 amide bonds. The van der Waals surface area contributed by atoms with E-state index in [1.54, 1.807) is 7.05 Å². The molecule has 0 aromatic carbocycles. The van der Waals surface area contributed by atoms with E-state index in [0.717, 1.165) is 25.5 Å². The van der Waals surface area contributed by atoms with Gasteiger partial charge in [-0.2, -0.15) is 0 Å². The second kappa shape index (κ2) is 6.95. The summed E-state index contributed by atoms with van der Waals surface area (Å²) in [7, 11) is 3.24. The third-order valence-corrected chi connectivity index (χ3v) is 3.79. The number of methoxy groups -OCH3 is 1. The van der Waals surface area contributed by atoms with Gasteiger partial charge in [0.05, 0.1) is 13.0 Å². The van der Waals surface area contributed by atoms with Crippen LogP contribution in [0, 0.1) is 17.3 Å². The van der Waals surface area contributed by atoms with Crippen LogP contribution in [0.4, 0.5) is 0 Å². The van der Waals surface area contributed by atoms with Crippen LogP contribution in [0.5, 0.6) is 0 Å². The average molecular weight is 283 g/mol. The maximum Gasteiger partial charge on any atom is 0.310 e. The number of carbonyl (C=O) groups excluding carboxylic acids is 1. The Hall–Kier alpha value is -1.26. The molecule has 2 atom stereocenters. The van der Waals surface area contributed by atoms with E-state index in [1.165, 1.54) is 7.11 Å². The molecular formula is C15H29N3O2. The molecule has 2 unspecified atom stereocenters. The van der Waals surface area contributed by atoms with Crippen molar-refractivity contribution in [3.05, 3.63) is 0 Å². The quantitative estimate of drug-likeness (QED) is 0.487. The summed E-state index contributed by atoms with van der Waals surface area (Å²) in [4.78, 5) is 18.2. The lowest BCUT2D eigenvalue weighted by atomic mass is 9.92. The Morgan fingerprint density at radius 2 is 2.05 bits per heavy atom. The van der Waals surface area contributed by atoms with E-state index < -0.39 is 0 Å². The molecule has 1 fully saturated rings. The van der Waals surface area contributed by atoms with E-state index >= 15 is 0 Å². The summed E-state index contributed by atoms with van der Waals surface area (Å²) in [5, 5.41) is 3.39. The lowest BCUT2D eigenvalue weighted by molar-refractivity contribution is -0.145. The molecule has 0 bridgehead atoms. The van der Waals surface area contributed by atoms with Gasteiger partial charge < -0.3 is 15.0 Å². The average Bonchev–Trinajstić information content (AvgIpc) is 2.74. The van der Waals surface area contributed by atoms with Crippen LogP contribution in [0.3, 0.4) is 0 Å². The van der Waals surface area contributed by atoms with Gasteiger partial charge in [0.1, 0.15) is 0 Å². The zero-order valence-electron chi connectivity index (χ0n) is 13.7. The Morgan fingerprint density at radius 1 is 1.40 bits per heavy atom. The molecule has 1 heterocycles. The summed E-state index contributed by atoms with van der Waals surface area (Å²) in [6.07, 6.45) is 1.08. The maximum atomic E-state index is 11.7. The van der Waals surface area contributed by atoms with Gasteiger partial charge in [0, 0.05) is 26.7 Å². The summed E-state index contributed by atoms with van der Waals surface area (Å²) >= 11 is 0. The first-order chi connectivity index (χ1) is 9.28. The number of nitrogens with one attached hydrogen (secondary N) is 1. The van der Waals surface area contributed by atoms with Crippen molar-refractivity contribution >= 4 is 11.9 Å². The zero-order valence-corrected chi connectivity index (χ0v) is 13.7. The predicted molar refractivity (Wildman–Crippen MR) is 81.7 cm³/mol. The van der Waals surface area contributed by atoms with Crippen molar-refractivity contribution in [2.24, 2.45) is 22.2 Å². The first kappa shape index (κ1) is 16.8. The molecule has 0 aromatic heterocycles. The van der Waals surface area contributed by atoms with Gasteiger partial charge in [-0.25, -0.2) is 0 Å². The van der Waals surface area contributed by atoms with Gasteiger partial charge in [-0.05, 0) is 17.8 Å². The first-order valence-electron chi connectivity index (χ1n) is 7.32. The second-order valence-corrected chi connectivity index (χ2v) is 6.80. The third-order valence-electron chi connectivity index (χ3n) is 3.79. The van der Waals surface area contributed by atoms with E-state index in [4.69, 9.17) is 4.74 Å². The molecular weight excluding hydrogens is 254 g/mol.